The lowest BCUT2D eigenvalue weighted by molar-refractivity contribution is -0.141. The third-order valence-electron chi connectivity index (χ3n) is 4.17. The topological polar surface area (TPSA) is 101 Å². The van der Waals surface area contributed by atoms with Gasteiger partial charge in [-0.1, -0.05) is 25.5 Å². The maximum absolute atomic E-state index is 12.4. The molecule has 1 amide bonds. The zero-order valence-electron chi connectivity index (χ0n) is 14.5. The van der Waals surface area contributed by atoms with Crippen LogP contribution in [0.1, 0.15) is 31.7 Å². The molecule has 2 aromatic rings. The molecule has 25 heavy (non-hydrogen) atoms. The van der Waals surface area contributed by atoms with Gasteiger partial charge < -0.3 is 10.4 Å². The van der Waals surface area contributed by atoms with Crippen molar-refractivity contribution in [2.24, 2.45) is 5.92 Å². The predicted molar refractivity (Wildman–Crippen MR) is 94.4 cm³/mol. The van der Waals surface area contributed by atoms with Crippen LogP contribution in [-0.2, 0) is 16.1 Å². The van der Waals surface area contributed by atoms with Crippen LogP contribution in [0.5, 0.6) is 0 Å². The number of aromatic nitrogens is 2. The Morgan fingerprint density at radius 1 is 1.36 bits per heavy atom. The van der Waals surface area contributed by atoms with E-state index in [1.54, 1.807) is 12.1 Å². The summed E-state index contributed by atoms with van der Waals surface area (Å²) in [5, 5.41) is 12.2. The van der Waals surface area contributed by atoms with Crippen molar-refractivity contribution in [2.45, 2.75) is 39.7 Å². The fourth-order valence-electron chi connectivity index (χ4n) is 2.71. The Morgan fingerprint density at radius 3 is 2.80 bits per heavy atom. The summed E-state index contributed by atoms with van der Waals surface area (Å²) in [6.45, 7) is 4.10. The van der Waals surface area contributed by atoms with Crippen LogP contribution < -0.4 is 10.9 Å². The highest BCUT2D eigenvalue weighted by Gasteiger charge is 2.17. The first kappa shape index (κ1) is 18.6. The van der Waals surface area contributed by atoms with Gasteiger partial charge in [0.25, 0.3) is 5.56 Å². The van der Waals surface area contributed by atoms with E-state index in [2.05, 4.69) is 10.3 Å². The summed E-state index contributed by atoms with van der Waals surface area (Å²) in [6, 6.07) is 5.41. The average molecular weight is 345 g/mol. The van der Waals surface area contributed by atoms with E-state index in [9.17, 15) is 14.4 Å². The van der Waals surface area contributed by atoms with Gasteiger partial charge in [-0.2, -0.15) is 0 Å². The molecular weight excluding hydrogens is 322 g/mol. The third-order valence-corrected chi connectivity index (χ3v) is 4.17. The molecule has 2 rings (SSSR count). The van der Waals surface area contributed by atoms with Gasteiger partial charge in [0.1, 0.15) is 0 Å². The number of para-hydroxylation sites is 1. The van der Waals surface area contributed by atoms with Crippen molar-refractivity contribution in [3.05, 3.63) is 40.4 Å². The number of nitrogens with one attached hydrogen (secondary N) is 1. The van der Waals surface area contributed by atoms with E-state index >= 15 is 0 Å². The van der Waals surface area contributed by atoms with Crippen LogP contribution in [0.25, 0.3) is 10.9 Å². The zero-order valence-corrected chi connectivity index (χ0v) is 14.5. The molecule has 0 bridgehead atoms. The van der Waals surface area contributed by atoms with Gasteiger partial charge in [-0.25, -0.2) is 4.98 Å². The van der Waals surface area contributed by atoms with E-state index in [-0.39, 0.29) is 31.0 Å². The highest BCUT2D eigenvalue weighted by Crippen LogP contribution is 2.11. The molecule has 0 saturated carbocycles. The Bertz CT molecular complexity index is 829. The van der Waals surface area contributed by atoms with E-state index < -0.39 is 11.9 Å². The molecule has 0 saturated heterocycles. The van der Waals surface area contributed by atoms with Crippen LogP contribution in [0.3, 0.4) is 0 Å². The third kappa shape index (κ3) is 4.65. The first-order chi connectivity index (χ1) is 11.9. The van der Waals surface area contributed by atoms with E-state index in [0.29, 0.717) is 17.3 Å². The lowest BCUT2D eigenvalue weighted by atomic mass is 10.0. The van der Waals surface area contributed by atoms with E-state index in [1.807, 2.05) is 19.9 Å². The van der Waals surface area contributed by atoms with Crippen molar-refractivity contribution < 1.29 is 14.7 Å². The molecule has 0 aliphatic carbocycles. The van der Waals surface area contributed by atoms with Crippen LogP contribution in [0.15, 0.2) is 29.3 Å². The normalized spacial score (nSPS) is 12.1. The van der Waals surface area contributed by atoms with Crippen LogP contribution in [-0.4, -0.2) is 33.1 Å². The average Bonchev–Trinajstić information content (AvgIpc) is 2.58. The van der Waals surface area contributed by atoms with E-state index in [4.69, 9.17) is 5.11 Å². The number of hydrogen-bond donors (Lipinski definition) is 2. The molecule has 1 unspecified atom stereocenters. The van der Waals surface area contributed by atoms with Crippen molar-refractivity contribution >= 4 is 22.8 Å². The molecule has 0 aliphatic rings. The van der Waals surface area contributed by atoms with Gasteiger partial charge in [-0.15, -0.1) is 0 Å². The predicted octanol–water partition coefficient (Wildman–Crippen LogP) is 1.71. The van der Waals surface area contributed by atoms with Gasteiger partial charge in [0.05, 0.1) is 23.1 Å². The highest BCUT2D eigenvalue weighted by atomic mass is 16.4. The van der Waals surface area contributed by atoms with Crippen molar-refractivity contribution in [1.82, 2.24) is 14.9 Å². The quantitative estimate of drug-likeness (QED) is 0.758. The molecule has 1 aromatic carbocycles. The summed E-state index contributed by atoms with van der Waals surface area (Å²) in [5.41, 5.74) is 1.41. The summed E-state index contributed by atoms with van der Waals surface area (Å²) < 4.78 is 1.40. The second-order valence-electron chi connectivity index (χ2n) is 6.09. The lowest BCUT2D eigenvalue weighted by Crippen LogP contribution is -2.34. The smallest absolute Gasteiger partial charge is 0.308 e. The van der Waals surface area contributed by atoms with Gasteiger partial charge >= 0.3 is 5.97 Å². The number of carbonyl (C=O) groups is 2. The largest absolute Gasteiger partial charge is 0.481 e. The highest BCUT2D eigenvalue weighted by molar-refractivity contribution is 5.80. The van der Waals surface area contributed by atoms with Crippen LogP contribution in [0.2, 0.25) is 0 Å². The fraction of sp³-hybridized carbons (Fsp3) is 0.444. The SMILES string of the molecule is CCCC(CNC(=O)CCn1cnc2c(C)cccc2c1=O)C(=O)O. The summed E-state index contributed by atoms with van der Waals surface area (Å²) in [5.74, 6) is -1.77. The molecule has 0 fully saturated rings. The van der Waals surface area contributed by atoms with Gasteiger partial charge in [-0.3, -0.25) is 19.0 Å². The molecule has 2 N–H and O–H groups in total. The minimum absolute atomic E-state index is 0.0946. The first-order valence-corrected chi connectivity index (χ1v) is 8.38. The molecule has 1 atom stereocenters. The summed E-state index contributed by atoms with van der Waals surface area (Å²) >= 11 is 0. The maximum Gasteiger partial charge on any atom is 0.308 e. The zero-order chi connectivity index (χ0) is 18.4. The monoisotopic (exact) mass is 345 g/mol. The van der Waals surface area contributed by atoms with Crippen LogP contribution >= 0.6 is 0 Å². The minimum Gasteiger partial charge on any atom is -0.481 e. The van der Waals surface area contributed by atoms with Crippen molar-refractivity contribution in [2.75, 3.05) is 6.54 Å². The number of amides is 1. The maximum atomic E-state index is 12.4. The minimum atomic E-state index is -0.910. The van der Waals surface area contributed by atoms with Crippen molar-refractivity contribution in [3.63, 3.8) is 0 Å². The fourth-order valence-corrected chi connectivity index (χ4v) is 2.71. The molecule has 7 heteroatoms. The van der Waals surface area contributed by atoms with Crippen LogP contribution in [0.4, 0.5) is 0 Å². The number of aryl methyl sites for hydroxylation is 2. The van der Waals surface area contributed by atoms with E-state index in [1.165, 1.54) is 10.9 Å². The number of nitrogens with zero attached hydrogens (tertiary/aromatic N) is 2. The van der Waals surface area contributed by atoms with Gasteiger partial charge in [0.15, 0.2) is 0 Å². The van der Waals surface area contributed by atoms with Crippen LogP contribution in [0, 0.1) is 12.8 Å². The Labute approximate surface area is 145 Å². The standard InChI is InChI=1S/C18H23N3O4/c1-3-5-13(18(24)25)10-19-15(22)8-9-21-11-20-16-12(2)6-4-7-14(16)17(21)23/h4,6-7,11,13H,3,5,8-10H2,1-2H3,(H,19,22)(H,24,25). The molecule has 0 radical (unpaired) electrons. The van der Waals surface area contributed by atoms with Gasteiger partial charge in [-0.05, 0) is 25.0 Å². The number of benzene rings is 1. The summed E-state index contributed by atoms with van der Waals surface area (Å²) in [4.78, 5) is 39.8. The number of carbonyl (C=O) groups excluding carboxylic acids is 1. The summed E-state index contributed by atoms with van der Waals surface area (Å²) in [6.07, 6.45) is 2.80. The molecule has 0 aliphatic heterocycles. The molecule has 1 aromatic heterocycles. The number of hydrogen-bond acceptors (Lipinski definition) is 4. The second kappa shape index (κ2) is 8.41. The number of rotatable bonds is 8. The number of aliphatic carboxylic acids is 1. The molecule has 0 spiro atoms. The summed E-state index contributed by atoms with van der Waals surface area (Å²) in [7, 11) is 0. The van der Waals surface area contributed by atoms with Crippen molar-refractivity contribution in [1.29, 1.82) is 0 Å². The first-order valence-electron chi connectivity index (χ1n) is 8.38. The van der Waals surface area contributed by atoms with Crippen molar-refractivity contribution in [3.8, 4) is 0 Å². The molecule has 1 heterocycles. The second-order valence-corrected chi connectivity index (χ2v) is 6.09. The molecule has 7 nitrogen and oxygen atoms in total. The number of fused-ring (bicyclic) bond motifs is 1. The Kier molecular flexibility index (Phi) is 6.27. The molecular formula is C18H23N3O4. The Morgan fingerprint density at radius 2 is 2.12 bits per heavy atom. The number of carboxylic acids is 1. The lowest BCUT2D eigenvalue weighted by Gasteiger charge is -2.12. The molecule has 134 valence electrons. The van der Waals surface area contributed by atoms with Gasteiger partial charge in [0, 0.05) is 19.5 Å². The van der Waals surface area contributed by atoms with E-state index in [0.717, 1.165) is 12.0 Å². The Balaban J connectivity index is 1.98. The van der Waals surface area contributed by atoms with Gasteiger partial charge in [0.2, 0.25) is 5.91 Å². The number of carboxylic acid groups (broad SMARTS) is 1. The Hall–Kier alpha value is -2.70.